The van der Waals surface area contributed by atoms with Crippen molar-refractivity contribution in [3.8, 4) is 33.4 Å². The van der Waals surface area contributed by atoms with Crippen LogP contribution >= 0.6 is 11.3 Å². The Bertz CT molecular complexity index is 3430. The second-order valence-electron chi connectivity index (χ2n) is 15.5. The first-order valence-corrected chi connectivity index (χ1v) is 20.7. The van der Waals surface area contributed by atoms with Gasteiger partial charge in [0.15, 0.2) is 0 Å². The number of thiophene rings is 1. The Morgan fingerprint density at radius 2 is 0.983 bits per heavy atom. The molecule has 2 aliphatic carbocycles. The van der Waals surface area contributed by atoms with Crippen LogP contribution < -0.4 is 4.90 Å². The molecule has 270 valence electrons. The molecular weight excluding hydrogens is 723 g/mol. The van der Waals surface area contributed by atoms with Crippen molar-refractivity contribution in [3.63, 3.8) is 0 Å². The van der Waals surface area contributed by atoms with E-state index in [4.69, 9.17) is 4.42 Å². The van der Waals surface area contributed by atoms with Crippen molar-refractivity contribution in [1.29, 1.82) is 0 Å². The molecule has 0 fully saturated rings. The highest BCUT2D eigenvalue weighted by Crippen LogP contribution is 2.64. The second-order valence-corrected chi connectivity index (χ2v) is 16.5. The Hall–Kier alpha value is -7.20. The Morgan fingerprint density at radius 1 is 0.397 bits per heavy atom. The van der Waals surface area contributed by atoms with Crippen LogP contribution in [-0.4, -0.2) is 0 Å². The summed E-state index contributed by atoms with van der Waals surface area (Å²) < 4.78 is 8.88. The van der Waals surface area contributed by atoms with Crippen molar-refractivity contribution in [1.82, 2.24) is 0 Å². The van der Waals surface area contributed by atoms with Gasteiger partial charge in [0.1, 0.15) is 11.2 Å². The van der Waals surface area contributed by atoms with Gasteiger partial charge in [0.2, 0.25) is 0 Å². The fraction of sp³-hybridized carbons (Fsp3) is 0.0182. The summed E-state index contributed by atoms with van der Waals surface area (Å²) in [5, 5.41) is 4.91. The molecule has 9 aromatic carbocycles. The molecule has 0 aliphatic heterocycles. The molecule has 58 heavy (non-hydrogen) atoms. The maximum absolute atomic E-state index is 6.32. The van der Waals surface area contributed by atoms with Crippen LogP contribution in [0.3, 0.4) is 0 Å². The minimum absolute atomic E-state index is 0.415. The number of anilines is 3. The summed E-state index contributed by atoms with van der Waals surface area (Å²) in [6.45, 7) is 0. The summed E-state index contributed by atoms with van der Waals surface area (Å²) in [5.74, 6) is 0. The lowest BCUT2D eigenvalue weighted by Crippen LogP contribution is -2.26. The predicted molar refractivity (Wildman–Crippen MR) is 243 cm³/mol. The van der Waals surface area contributed by atoms with Crippen LogP contribution in [0.5, 0.6) is 0 Å². The van der Waals surface area contributed by atoms with Crippen molar-refractivity contribution in [2.75, 3.05) is 4.90 Å². The van der Waals surface area contributed by atoms with Gasteiger partial charge in [-0.1, -0.05) is 152 Å². The minimum Gasteiger partial charge on any atom is -0.456 e. The fourth-order valence-electron chi connectivity index (χ4n) is 10.4. The van der Waals surface area contributed by atoms with Crippen LogP contribution in [0.2, 0.25) is 0 Å². The van der Waals surface area contributed by atoms with Crippen molar-refractivity contribution in [2.24, 2.45) is 0 Å². The topological polar surface area (TPSA) is 16.4 Å². The lowest BCUT2D eigenvalue weighted by atomic mass is 9.70. The van der Waals surface area contributed by atoms with Gasteiger partial charge in [-0.05, 0) is 98.6 Å². The molecule has 0 bridgehead atoms. The number of para-hydroxylation sites is 2. The Labute approximate surface area is 339 Å². The number of nitrogens with zero attached hydrogens (tertiary/aromatic N) is 1. The third-order valence-corrected chi connectivity index (χ3v) is 13.9. The first kappa shape index (κ1) is 31.9. The van der Waals surface area contributed by atoms with Crippen molar-refractivity contribution in [2.45, 2.75) is 5.41 Å². The number of rotatable bonds is 4. The fourth-order valence-corrected chi connectivity index (χ4v) is 11.8. The van der Waals surface area contributed by atoms with Crippen LogP contribution in [-0.2, 0) is 5.41 Å². The van der Waals surface area contributed by atoms with Gasteiger partial charge in [0.05, 0.1) is 11.1 Å². The molecular formula is C55H33NOS. The molecule has 11 aromatic rings. The Balaban J connectivity index is 1.04. The molecule has 2 aliphatic rings. The van der Waals surface area contributed by atoms with Gasteiger partial charge in [-0.3, -0.25) is 0 Å². The maximum Gasteiger partial charge on any atom is 0.136 e. The Morgan fingerprint density at radius 3 is 1.79 bits per heavy atom. The summed E-state index contributed by atoms with van der Waals surface area (Å²) >= 11 is 1.87. The van der Waals surface area contributed by atoms with Gasteiger partial charge < -0.3 is 9.32 Å². The highest BCUT2D eigenvalue weighted by molar-refractivity contribution is 7.27. The van der Waals surface area contributed by atoms with Gasteiger partial charge in [0.25, 0.3) is 0 Å². The summed E-state index contributed by atoms with van der Waals surface area (Å²) in [5.41, 5.74) is 17.8. The molecule has 0 saturated carbocycles. The second kappa shape index (κ2) is 11.9. The molecule has 0 saturated heterocycles. The van der Waals surface area contributed by atoms with Gasteiger partial charge in [-0.25, -0.2) is 0 Å². The zero-order chi connectivity index (χ0) is 38.0. The number of hydrogen-bond donors (Lipinski definition) is 0. The average Bonchev–Trinajstić information content (AvgIpc) is 4.02. The van der Waals surface area contributed by atoms with Gasteiger partial charge in [-0.15, -0.1) is 11.3 Å². The molecule has 0 N–H and O–H groups in total. The van der Waals surface area contributed by atoms with E-state index in [9.17, 15) is 0 Å². The van der Waals surface area contributed by atoms with Gasteiger partial charge >= 0.3 is 0 Å². The molecule has 2 heterocycles. The molecule has 3 heteroatoms. The van der Waals surface area contributed by atoms with E-state index in [0.29, 0.717) is 0 Å². The van der Waals surface area contributed by atoms with Crippen LogP contribution in [0.15, 0.2) is 205 Å². The number of fused-ring (bicyclic) bond motifs is 17. The third kappa shape index (κ3) is 4.16. The average molecular weight is 756 g/mol. The molecule has 0 amide bonds. The third-order valence-electron chi connectivity index (χ3n) is 12.7. The minimum atomic E-state index is -0.415. The highest BCUT2D eigenvalue weighted by Gasteiger charge is 2.52. The monoisotopic (exact) mass is 755 g/mol. The van der Waals surface area contributed by atoms with Crippen LogP contribution in [0.1, 0.15) is 22.3 Å². The molecule has 2 nitrogen and oxygen atoms in total. The lowest BCUT2D eigenvalue weighted by Gasteiger charge is -2.32. The van der Waals surface area contributed by atoms with E-state index in [1.165, 1.54) is 92.3 Å². The molecule has 0 atom stereocenters. The quantitative estimate of drug-likeness (QED) is 0.178. The van der Waals surface area contributed by atoms with E-state index in [1.807, 2.05) is 17.4 Å². The predicted octanol–water partition coefficient (Wildman–Crippen LogP) is 15.4. The zero-order valence-corrected chi connectivity index (χ0v) is 32.1. The van der Waals surface area contributed by atoms with Crippen LogP contribution in [0.25, 0.3) is 75.5 Å². The summed E-state index contributed by atoms with van der Waals surface area (Å²) in [4.78, 5) is 2.47. The molecule has 0 unspecified atom stereocenters. The zero-order valence-electron chi connectivity index (χ0n) is 31.3. The van der Waals surface area contributed by atoms with E-state index in [1.54, 1.807) is 0 Å². The maximum atomic E-state index is 6.32. The summed E-state index contributed by atoms with van der Waals surface area (Å²) in [6.07, 6.45) is 0. The van der Waals surface area contributed by atoms with Crippen molar-refractivity contribution in [3.05, 3.63) is 222 Å². The van der Waals surface area contributed by atoms with E-state index < -0.39 is 5.41 Å². The van der Waals surface area contributed by atoms with E-state index in [2.05, 4.69) is 199 Å². The van der Waals surface area contributed by atoms with E-state index in [0.717, 1.165) is 22.5 Å². The van der Waals surface area contributed by atoms with Crippen LogP contribution in [0, 0.1) is 0 Å². The van der Waals surface area contributed by atoms with Crippen molar-refractivity contribution < 1.29 is 4.42 Å². The normalized spacial score (nSPS) is 13.3. The van der Waals surface area contributed by atoms with E-state index >= 15 is 0 Å². The number of hydrogen-bond acceptors (Lipinski definition) is 3. The number of benzene rings is 9. The van der Waals surface area contributed by atoms with Crippen molar-refractivity contribution >= 4 is 70.5 Å². The van der Waals surface area contributed by atoms with Gasteiger partial charge in [-0.2, -0.15) is 0 Å². The van der Waals surface area contributed by atoms with Crippen LogP contribution in [0.4, 0.5) is 17.1 Å². The summed E-state index contributed by atoms with van der Waals surface area (Å²) in [7, 11) is 0. The summed E-state index contributed by atoms with van der Waals surface area (Å²) in [6, 6.07) is 73.6. The van der Waals surface area contributed by atoms with Gasteiger partial charge in [0, 0.05) is 47.9 Å². The SMILES string of the molecule is c1ccc(N(c2cccc(-c3cccc4c3sc3c4ccc4oc5ccccc5c43)c2)c2cccc3c2-c2ccccc2C32c3ccccc3-c3ccccc32)cc1. The lowest BCUT2D eigenvalue weighted by molar-refractivity contribution is 0.669. The highest BCUT2D eigenvalue weighted by atomic mass is 32.1. The first-order chi connectivity index (χ1) is 28.8. The van der Waals surface area contributed by atoms with E-state index in [-0.39, 0.29) is 0 Å². The molecule has 0 radical (unpaired) electrons. The Kier molecular flexibility index (Phi) is 6.56. The first-order valence-electron chi connectivity index (χ1n) is 19.9. The number of furan rings is 1. The standard InChI is InChI=1S/C55H33NOS/c1-2-16-35(17-3-1)56(48-29-14-28-47-51(48)42-21-6-10-27-46(42)55(47)44-25-8-4-19-38(44)39-20-5-9-26-45(39)55)36-18-12-15-34(33-36)37-23-13-24-40-41-31-32-50-52(54(41)58-53(37)40)43-22-7-11-30-49(43)57-50/h1-33H. The molecule has 2 aromatic heterocycles. The smallest absolute Gasteiger partial charge is 0.136 e. The largest absolute Gasteiger partial charge is 0.456 e. The molecule has 1 spiro atoms. The molecule has 13 rings (SSSR count).